The fraction of sp³-hybridized carbons (Fsp3) is 0.600. The van der Waals surface area contributed by atoms with E-state index in [2.05, 4.69) is 16.8 Å². The number of nitrogens with one attached hydrogen (secondary N) is 1. The van der Waals surface area contributed by atoms with Gasteiger partial charge in [0.25, 0.3) is 12.3 Å². The standard InChI is InChI=1S/C25H31F2N3O4/c1-15-6-9-21(24(31)28-15)30-11-16-10-17(7-8-19(16)25(30)32)34-22-5-3-2-4-20(22)29-12-18(13-29)33-14-23(26)27/h7-8,10,18,20-23H,1-6,9,11-14H2,(H,28,31)/t20-,21?,22+/m0/s1. The SMILES string of the molecule is C=C1CCC(N2Cc3cc(O[C@@H]4CCCC[C@@H]4N4CC(OCC(F)F)C4)ccc3C2=O)C(=O)N1. The Morgan fingerprint density at radius 3 is 2.71 bits per heavy atom. The molecule has 1 aromatic rings. The van der Waals surface area contributed by atoms with Gasteiger partial charge in [-0.25, -0.2) is 8.78 Å². The largest absolute Gasteiger partial charge is 0.489 e. The van der Waals surface area contributed by atoms with Crippen molar-refractivity contribution in [3.63, 3.8) is 0 Å². The van der Waals surface area contributed by atoms with E-state index in [4.69, 9.17) is 9.47 Å². The molecule has 2 saturated heterocycles. The zero-order chi connectivity index (χ0) is 23.8. The van der Waals surface area contributed by atoms with Gasteiger partial charge in [-0.1, -0.05) is 13.0 Å². The van der Waals surface area contributed by atoms with Gasteiger partial charge in [-0.2, -0.15) is 0 Å². The molecular weight excluding hydrogens is 444 g/mol. The molecule has 0 aromatic heterocycles. The summed E-state index contributed by atoms with van der Waals surface area (Å²) in [5, 5.41) is 2.76. The van der Waals surface area contributed by atoms with Crippen LogP contribution < -0.4 is 10.1 Å². The highest BCUT2D eigenvalue weighted by Gasteiger charge is 2.40. The third kappa shape index (κ3) is 4.68. The topological polar surface area (TPSA) is 71.1 Å². The Labute approximate surface area is 198 Å². The van der Waals surface area contributed by atoms with Gasteiger partial charge in [0, 0.05) is 36.9 Å². The predicted molar refractivity (Wildman–Crippen MR) is 121 cm³/mol. The molecule has 184 valence electrons. The van der Waals surface area contributed by atoms with Crippen molar-refractivity contribution in [2.24, 2.45) is 0 Å². The molecule has 3 fully saturated rings. The van der Waals surface area contributed by atoms with Crippen LogP contribution in [0, 0.1) is 0 Å². The van der Waals surface area contributed by atoms with E-state index in [-0.39, 0.29) is 30.1 Å². The van der Waals surface area contributed by atoms with Crippen LogP contribution in [0.15, 0.2) is 30.5 Å². The number of nitrogens with zero attached hydrogens (tertiary/aromatic N) is 2. The molecule has 0 bridgehead atoms. The van der Waals surface area contributed by atoms with Gasteiger partial charge < -0.3 is 19.7 Å². The molecular formula is C25H31F2N3O4. The average Bonchev–Trinajstić information content (AvgIpc) is 3.09. The van der Waals surface area contributed by atoms with Gasteiger partial charge in [0.2, 0.25) is 5.91 Å². The first-order chi connectivity index (χ1) is 16.4. The van der Waals surface area contributed by atoms with Gasteiger partial charge in [-0.15, -0.1) is 0 Å². The van der Waals surface area contributed by atoms with E-state index in [1.165, 1.54) is 0 Å². The second kappa shape index (κ2) is 9.62. The molecule has 1 N–H and O–H groups in total. The van der Waals surface area contributed by atoms with Gasteiger partial charge in [0.05, 0.1) is 6.10 Å². The molecule has 1 aliphatic carbocycles. The number of hydrogen-bond donors (Lipinski definition) is 1. The number of rotatable bonds is 7. The normalized spacial score (nSPS) is 28.1. The molecule has 3 heterocycles. The van der Waals surface area contributed by atoms with E-state index >= 15 is 0 Å². The lowest BCUT2D eigenvalue weighted by molar-refractivity contribution is -0.126. The lowest BCUT2D eigenvalue weighted by atomic mass is 9.89. The van der Waals surface area contributed by atoms with Crippen molar-refractivity contribution >= 4 is 11.8 Å². The summed E-state index contributed by atoms with van der Waals surface area (Å²) in [6, 6.07) is 5.29. The monoisotopic (exact) mass is 475 g/mol. The van der Waals surface area contributed by atoms with Crippen molar-refractivity contribution in [1.82, 2.24) is 15.1 Å². The molecule has 0 spiro atoms. The van der Waals surface area contributed by atoms with Gasteiger partial charge in [0.1, 0.15) is 24.5 Å². The minimum atomic E-state index is -2.44. The highest BCUT2D eigenvalue weighted by atomic mass is 19.3. The third-order valence-electron chi connectivity index (χ3n) is 7.37. The lowest BCUT2D eigenvalue weighted by Crippen LogP contribution is -2.61. The first-order valence-corrected chi connectivity index (χ1v) is 12.1. The van der Waals surface area contributed by atoms with Gasteiger partial charge >= 0.3 is 0 Å². The number of benzene rings is 1. The number of alkyl halides is 2. The van der Waals surface area contributed by atoms with Gasteiger partial charge in [-0.3, -0.25) is 14.5 Å². The van der Waals surface area contributed by atoms with E-state index < -0.39 is 19.1 Å². The van der Waals surface area contributed by atoms with Crippen LogP contribution in [-0.4, -0.2) is 72.0 Å². The van der Waals surface area contributed by atoms with Crippen molar-refractivity contribution in [2.45, 2.75) is 75.8 Å². The van der Waals surface area contributed by atoms with E-state index in [1.54, 1.807) is 11.0 Å². The Morgan fingerprint density at radius 1 is 1.15 bits per heavy atom. The summed E-state index contributed by atoms with van der Waals surface area (Å²) >= 11 is 0. The van der Waals surface area contributed by atoms with Crippen LogP contribution in [0.3, 0.4) is 0 Å². The summed E-state index contributed by atoms with van der Waals surface area (Å²) in [5.41, 5.74) is 2.18. The summed E-state index contributed by atoms with van der Waals surface area (Å²) in [5.74, 6) is 0.419. The maximum Gasteiger partial charge on any atom is 0.261 e. The van der Waals surface area contributed by atoms with Gasteiger partial charge in [0.15, 0.2) is 0 Å². The number of ether oxygens (including phenoxy) is 2. The number of halogens is 2. The summed E-state index contributed by atoms with van der Waals surface area (Å²) < 4.78 is 36.4. The van der Waals surface area contributed by atoms with E-state index in [0.29, 0.717) is 43.7 Å². The van der Waals surface area contributed by atoms with Crippen LogP contribution >= 0.6 is 0 Å². The molecule has 1 unspecified atom stereocenters. The smallest absolute Gasteiger partial charge is 0.261 e. The molecule has 9 heteroatoms. The fourth-order valence-corrected chi connectivity index (χ4v) is 5.57. The highest BCUT2D eigenvalue weighted by Crippen LogP contribution is 2.34. The lowest BCUT2D eigenvalue weighted by Gasteiger charge is -2.48. The zero-order valence-corrected chi connectivity index (χ0v) is 19.2. The maximum atomic E-state index is 13.0. The summed E-state index contributed by atoms with van der Waals surface area (Å²) in [7, 11) is 0. The minimum absolute atomic E-state index is 0.00573. The van der Waals surface area contributed by atoms with Crippen LogP contribution in [0.25, 0.3) is 0 Å². The average molecular weight is 476 g/mol. The molecule has 5 rings (SSSR count). The number of hydrogen-bond acceptors (Lipinski definition) is 5. The van der Waals surface area contributed by atoms with E-state index in [9.17, 15) is 18.4 Å². The second-order valence-corrected chi connectivity index (χ2v) is 9.71. The van der Waals surface area contributed by atoms with E-state index in [0.717, 1.165) is 37.0 Å². The van der Waals surface area contributed by atoms with E-state index in [1.807, 2.05) is 12.1 Å². The zero-order valence-electron chi connectivity index (χ0n) is 19.2. The summed E-state index contributed by atoms with van der Waals surface area (Å²) in [6.45, 7) is 4.99. The Morgan fingerprint density at radius 2 is 1.94 bits per heavy atom. The number of fused-ring (bicyclic) bond motifs is 1. The molecule has 34 heavy (non-hydrogen) atoms. The predicted octanol–water partition coefficient (Wildman–Crippen LogP) is 3.09. The van der Waals surface area contributed by atoms with Crippen LogP contribution in [-0.2, 0) is 16.1 Å². The Kier molecular flexibility index (Phi) is 6.57. The Bertz CT molecular complexity index is 965. The number of likely N-dealkylation sites (tertiary alicyclic amines) is 1. The summed E-state index contributed by atoms with van der Waals surface area (Å²) in [4.78, 5) is 29.3. The second-order valence-electron chi connectivity index (χ2n) is 9.71. The van der Waals surface area contributed by atoms with Crippen molar-refractivity contribution < 1.29 is 27.8 Å². The van der Waals surface area contributed by atoms with Crippen LogP contribution in [0.1, 0.15) is 54.4 Å². The van der Waals surface area contributed by atoms with Crippen molar-refractivity contribution in [2.75, 3.05) is 19.7 Å². The molecule has 3 atom stereocenters. The molecule has 1 aromatic carbocycles. The fourth-order valence-electron chi connectivity index (χ4n) is 5.57. The van der Waals surface area contributed by atoms with Crippen molar-refractivity contribution in [3.8, 4) is 5.75 Å². The number of piperidine rings is 1. The molecule has 0 radical (unpaired) electrons. The summed E-state index contributed by atoms with van der Waals surface area (Å²) in [6.07, 6.45) is 2.81. The van der Waals surface area contributed by atoms with Crippen molar-refractivity contribution in [3.05, 3.63) is 41.6 Å². The molecule has 1 saturated carbocycles. The van der Waals surface area contributed by atoms with Crippen LogP contribution in [0.5, 0.6) is 5.75 Å². The third-order valence-corrected chi connectivity index (χ3v) is 7.37. The minimum Gasteiger partial charge on any atom is -0.489 e. The maximum absolute atomic E-state index is 13.0. The number of carbonyl (C=O) groups is 2. The Balaban J connectivity index is 1.22. The van der Waals surface area contributed by atoms with Crippen LogP contribution in [0.2, 0.25) is 0 Å². The molecule has 3 aliphatic heterocycles. The van der Waals surface area contributed by atoms with Gasteiger partial charge in [-0.05, 0) is 55.9 Å². The number of carbonyl (C=O) groups excluding carboxylic acids is 2. The Hall–Kier alpha value is -2.52. The molecule has 7 nitrogen and oxygen atoms in total. The number of amides is 2. The van der Waals surface area contributed by atoms with Crippen LogP contribution in [0.4, 0.5) is 8.78 Å². The first-order valence-electron chi connectivity index (χ1n) is 12.1. The highest BCUT2D eigenvalue weighted by molar-refractivity contribution is 6.01. The van der Waals surface area contributed by atoms with Crippen molar-refractivity contribution in [1.29, 1.82) is 0 Å². The molecule has 4 aliphatic rings. The molecule has 2 amide bonds. The first kappa shape index (κ1) is 23.2. The quantitative estimate of drug-likeness (QED) is 0.656. The number of allylic oxidation sites excluding steroid dienone is 1.